The lowest BCUT2D eigenvalue weighted by Gasteiger charge is -2.31. The van der Waals surface area contributed by atoms with Crippen molar-refractivity contribution < 1.29 is 28.7 Å². The molecule has 3 aliphatic rings. The molecule has 4 heterocycles. The van der Waals surface area contributed by atoms with Gasteiger partial charge in [0.1, 0.15) is 23.9 Å². The van der Waals surface area contributed by atoms with Gasteiger partial charge in [-0.2, -0.15) is 0 Å². The molecule has 0 spiro atoms. The minimum Gasteiger partial charge on any atom is -0.453 e. The van der Waals surface area contributed by atoms with Crippen molar-refractivity contribution in [3.63, 3.8) is 0 Å². The lowest BCUT2D eigenvalue weighted by atomic mass is 9.96. The predicted molar refractivity (Wildman–Crippen MR) is 206 cm³/mol. The number of rotatable bonds is 11. The summed E-state index contributed by atoms with van der Waals surface area (Å²) in [4.78, 5) is 67.0. The zero-order valence-electron chi connectivity index (χ0n) is 31.4. The van der Waals surface area contributed by atoms with Crippen LogP contribution in [0, 0.1) is 11.8 Å². The summed E-state index contributed by atoms with van der Waals surface area (Å²) in [7, 11) is 2.56. The first-order valence-electron chi connectivity index (χ1n) is 18.1. The van der Waals surface area contributed by atoms with Crippen LogP contribution < -0.4 is 10.6 Å². The van der Waals surface area contributed by atoms with Crippen molar-refractivity contribution in [2.24, 2.45) is 16.8 Å². The van der Waals surface area contributed by atoms with Crippen LogP contribution in [-0.2, 0) is 19.1 Å². The lowest BCUT2D eigenvalue weighted by Crippen LogP contribution is -2.53. The highest BCUT2D eigenvalue weighted by atomic mass is 16.5. The van der Waals surface area contributed by atoms with E-state index in [0.29, 0.717) is 25.3 Å². The van der Waals surface area contributed by atoms with Gasteiger partial charge in [-0.15, -0.1) is 0 Å². The van der Waals surface area contributed by atoms with E-state index in [0.717, 1.165) is 39.2 Å². The average Bonchev–Trinajstić information content (AvgIpc) is 4.02. The molecule has 0 fully saturated rings. The van der Waals surface area contributed by atoms with E-state index in [2.05, 4.69) is 57.0 Å². The second-order valence-electron chi connectivity index (χ2n) is 14.2. The number of aliphatic imine (C=N–C) groups is 1. The molecule has 1 aromatic heterocycles. The lowest BCUT2D eigenvalue weighted by molar-refractivity contribution is -0.135. The maximum atomic E-state index is 13.5. The number of aromatic amines is 1. The Bertz CT molecular complexity index is 1990. The van der Waals surface area contributed by atoms with E-state index < -0.39 is 24.3 Å². The Morgan fingerprint density at radius 1 is 0.722 bits per heavy atom. The van der Waals surface area contributed by atoms with Gasteiger partial charge in [-0.05, 0) is 39.7 Å². The van der Waals surface area contributed by atoms with Crippen molar-refractivity contribution in [3.05, 3.63) is 96.6 Å². The highest BCUT2D eigenvalue weighted by Gasteiger charge is 2.37. The number of benzene rings is 2. The highest BCUT2D eigenvalue weighted by Crippen LogP contribution is 2.32. The fraction of sp³-hybridized carbons (Fsp3) is 0.366. The number of nitrogens with one attached hydrogen (secondary N) is 3. The predicted octanol–water partition coefficient (Wildman–Crippen LogP) is 5.90. The van der Waals surface area contributed by atoms with Gasteiger partial charge < -0.3 is 34.9 Å². The molecule has 282 valence electrons. The number of amides is 4. The molecular weight excluding hydrogens is 686 g/mol. The minimum absolute atomic E-state index is 0.114. The second-order valence-corrected chi connectivity index (χ2v) is 14.2. The monoisotopic (exact) mass is 733 g/mol. The van der Waals surface area contributed by atoms with Crippen LogP contribution >= 0.6 is 0 Å². The summed E-state index contributed by atoms with van der Waals surface area (Å²) in [6, 6.07) is 14.5. The smallest absolute Gasteiger partial charge is 0.407 e. The number of hydrogen-bond acceptors (Lipinski definition) is 8. The number of allylic oxidation sites excluding steroid dienone is 1. The number of hydrogen-bond donors (Lipinski definition) is 3. The summed E-state index contributed by atoms with van der Waals surface area (Å²) in [5.41, 5.74) is 6.91. The molecule has 3 aliphatic heterocycles. The van der Waals surface area contributed by atoms with E-state index in [1.807, 2.05) is 70.3 Å². The molecule has 0 saturated carbocycles. The Hall–Kier alpha value is -5.98. The first-order chi connectivity index (χ1) is 26.0. The maximum absolute atomic E-state index is 13.5. The van der Waals surface area contributed by atoms with E-state index in [4.69, 9.17) is 14.5 Å². The zero-order chi connectivity index (χ0) is 38.5. The van der Waals surface area contributed by atoms with Gasteiger partial charge in [-0.25, -0.2) is 14.6 Å². The number of nitrogens with zero attached hydrogens (tertiary/aromatic N) is 4. The number of ether oxygens (including phenoxy) is 2. The molecule has 0 radical (unpaired) electrons. The van der Waals surface area contributed by atoms with E-state index in [1.165, 1.54) is 14.2 Å². The van der Waals surface area contributed by atoms with E-state index in [-0.39, 0.29) is 35.7 Å². The topological polar surface area (TPSA) is 158 Å². The minimum atomic E-state index is -0.726. The Morgan fingerprint density at radius 2 is 1.20 bits per heavy atom. The molecule has 4 amide bonds. The van der Waals surface area contributed by atoms with Crippen LogP contribution in [0.25, 0.3) is 28.0 Å². The third kappa shape index (κ3) is 7.99. The van der Waals surface area contributed by atoms with Crippen molar-refractivity contribution in [2.45, 2.75) is 58.3 Å². The van der Waals surface area contributed by atoms with Crippen LogP contribution in [0.15, 0.2) is 90.2 Å². The second kappa shape index (κ2) is 16.4. The molecule has 13 nitrogen and oxygen atoms in total. The van der Waals surface area contributed by atoms with Gasteiger partial charge in [-0.1, -0.05) is 101 Å². The number of methoxy groups -OCH3 is 2. The van der Waals surface area contributed by atoms with E-state index in [9.17, 15) is 19.2 Å². The molecular formula is C41H47N7O6. The van der Waals surface area contributed by atoms with Gasteiger partial charge in [0, 0.05) is 31.4 Å². The Morgan fingerprint density at radius 3 is 1.72 bits per heavy atom. The van der Waals surface area contributed by atoms with Crippen LogP contribution in [0.2, 0.25) is 0 Å². The first-order valence-corrected chi connectivity index (χ1v) is 18.1. The molecule has 3 N–H and O–H groups in total. The van der Waals surface area contributed by atoms with Crippen LogP contribution in [-0.4, -0.2) is 94.9 Å². The van der Waals surface area contributed by atoms with Crippen LogP contribution in [0.3, 0.4) is 0 Å². The van der Waals surface area contributed by atoms with Gasteiger partial charge >= 0.3 is 12.2 Å². The Balaban J connectivity index is 1.07. The van der Waals surface area contributed by atoms with Crippen molar-refractivity contribution in [3.8, 4) is 22.4 Å². The third-order valence-electron chi connectivity index (χ3n) is 10.0. The molecule has 54 heavy (non-hydrogen) atoms. The number of carbonyl (C=O) groups excluding carboxylic acids is 4. The molecule has 6 rings (SSSR count). The van der Waals surface area contributed by atoms with Crippen LogP contribution in [0.1, 0.15) is 51.5 Å². The number of alkyl carbamates (subject to hydrolysis) is 2. The molecule has 2 aromatic carbocycles. The largest absolute Gasteiger partial charge is 0.453 e. The Labute approximate surface area is 315 Å². The van der Waals surface area contributed by atoms with Crippen molar-refractivity contribution in [1.82, 2.24) is 30.4 Å². The summed E-state index contributed by atoms with van der Waals surface area (Å²) in [6.45, 7) is 8.41. The van der Waals surface area contributed by atoms with Gasteiger partial charge in [0.2, 0.25) is 11.8 Å². The first kappa shape index (κ1) is 37.8. The van der Waals surface area contributed by atoms with Crippen molar-refractivity contribution in [1.29, 1.82) is 0 Å². The number of carbonyl (C=O) groups is 4. The molecule has 3 aromatic rings. The van der Waals surface area contributed by atoms with Gasteiger partial charge in [0.25, 0.3) is 0 Å². The molecule has 0 unspecified atom stereocenters. The third-order valence-corrected chi connectivity index (χ3v) is 10.0. The van der Waals surface area contributed by atoms with Crippen LogP contribution in [0.4, 0.5) is 9.59 Å². The fourth-order valence-electron chi connectivity index (χ4n) is 6.94. The quantitative estimate of drug-likeness (QED) is 0.207. The van der Waals surface area contributed by atoms with Crippen molar-refractivity contribution in [2.75, 3.05) is 27.3 Å². The summed E-state index contributed by atoms with van der Waals surface area (Å²) >= 11 is 0. The molecule has 13 heteroatoms. The SMILES string of the molecule is COC(=O)N[C@H](C(=O)N1CC=C[C@H]1C1=NC=C(c2ccc(-c3ccc(-c4cnc([C@@H]5C=CCN5C(=O)[C@@H](NC(=O)OC)C(C)C)[nH]4)cc3)cc2)C1)C(C)C. The summed E-state index contributed by atoms with van der Waals surface area (Å²) in [6.07, 6.45) is 10.8. The van der Waals surface area contributed by atoms with Gasteiger partial charge in [-0.3, -0.25) is 14.6 Å². The Kier molecular flexibility index (Phi) is 11.4. The zero-order valence-corrected chi connectivity index (χ0v) is 31.4. The fourth-order valence-corrected chi connectivity index (χ4v) is 6.94. The standard InChI is InChI=1S/C41H47N7O6/c1-24(2)35(45-40(51)53-5)38(49)47-19-7-9-33(47)31-21-30(22-42-31)28-13-11-26(12-14-28)27-15-17-29(18-16-27)32-23-43-37(44-32)34-10-8-20-48(34)39(50)36(25(3)4)46-41(52)54-6/h7-18,22-25,33-36H,19-21H2,1-6H3,(H,43,44)(H,45,51)(H,46,52)/t33-,34-,35-,36-/m0/s1. The van der Waals surface area contributed by atoms with E-state index in [1.54, 1.807) is 16.0 Å². The van der Waals surface area contributed by atoms with Crippen molar-refractivity contribution >= 4 is 35.3 Å². The van der Waals surface area contributed by atoms with Crippen LogP contribution in [0.5, 0.6) is 0 Å². The summed E-state index contributed by atoms with van der Waals surface area (Å²) < 4.78 is 9.48. The maximum Gasteiger partial charge on any atom is 0.407 e. The number of aromatic nitrogens is 2. The normalized spacial score (nSPS) is 18.8. The average molecular weight is 734 g/mol. The summed E-state index contributed by atoms with van der Waals surface area (Å²) in [5.74, 6) is 0.0253. The molecule has 0 saturated heterocycles. The molecule has 4 atom stereocenters. The molecule has 0 aliphatic carbocycles. The summed E-state index contributed by atoms with van der Waals surface area (Å²) in [5, 5.41) is 5.35. The number of H-pyrrole nitrogens is 1. The number of imidazole rings is 1. The van der Waals surface area contributed by atoms with Gasteiger partial charge in [0.15, 0.2) is 0 Å². The molecule has 0 bridgehead atoms. The van der Waals surface area contributed by atoms with Gasteiger partial charge in [0.05, 0.1) is 32.2 Å². The van der Waals surface area contributed by atoms with E-state index >= 15 is 0 Å². The highest BCUT2D eigenvalue weighted by molar-refractivity contribution is 6.05.